The summed E-state index contributed by atoms with van der Waals surface area (Å²) in [7, 11) is 0. The first-order chi connectivity index (χ1) is 21.6. The van der Waals surface area contributed by atoms with E-state index in [1.54, 1.807) is 52.3 Å². The summed E-state index contributed by atoms with van der Waals surface area (Å²) in [6.07, 6.45) is -3.14. The molecule has 0 bridgehead atoms. The van der Waals surface area contributed by atoms with Gasteiger partial charge in [-0.3, -0.25) is 14.4 Å². The minimum Gasteiger partial charge on any atom is -0.341 e. The topological polar surface area (TPSA) is 69.7 Å². The molecule has 0 saturated heterocycles. The number of amides is 3. The maximum absolute atomic E-state index is 13.8. The predicted octanol–water partition coefficient (Wildman–Crippen LogP) is 7.30. The zero-order valence-corrected chi connectivity index (χ0v) is 25.1. The van der Waals surface area contributed by atoms with Crippen LogP contribution in [0, 0.1) is 0 Å². The van der Waals surface area contributed by atoms with Crippen LogP contribution >= 0.6 is 0 Å². The standard InChI is InChI=1S/C36H34F3N3O3/c1-3-21-41(4-2)35(45)32(25-10-6-5-7-11-25)40-33(43)27-16-19-31-26(23-27)20-22-42(31)34(44)30-13-9-8-12-29(30)24-14-17-28(18-15-24)36(37,38)39/h5-19,23,32H,3-4,20-22H2,1-2H3,(H,40,43)/t32-/m0/s1. The van der Waals surface area contributed by atoms with Gasteiger partial charge in [0, 0.05) is 36.4 Å². The van der Waals surface area contributed by atoms with E-state index in [4.69, 9.17) is 0 Å². The molecular weight excluding hydrogens is 579 g/mol. The first-order valence-electron chi connectivity index (χ1n) is 15.0. The Morgan fingerprint density at radius 1 is 0.889 bits per heavy atom. The summed E-state index contributed by atoms with van der Waals surface area (Å²) in [5.41, 5.74) is 3.18. The summed E-state index contributed by atoms with van der Waals surface area (Å²) in [5, 5.41) is 2.93. The Balaban J connectivity index is 1.38. The van der Waals surface area contributed by atoms with Crippen molar-refractivity contribution in [2.45, 2.75) is 38.9 Å². The molecule has 9 heteroatoms. The lowest BCUT2D eigenvalue weighted by Gasteiger charge is -2.27. The van der Waals surface area contributed by atoms with E-state index in [0.717, 1.165) is 24.1 Å². The van der Waals surface area contributed by atoms with Gasteiger partial charge in [0.15, 0.2) is 0 Å². The first kappa shape index (κ1) is 31.5. The molecule has 1 heterocycles. The van der Waals surface area contributed by atoms with Crippen LogP contribution in [0.1, 0.15) is 63.7 Å². The molecule has 3 amide bonds. The predicted molar refractivity (Wildman–Crippen MR) is 168 cm³/mol. The van der Waals surface area contributed by atoms with E-state index < -0.39 is 23.7 Å². The summed E-state index contributed by atoms with van der Waals surface area (Å²) in [6.45, 7) is 5.40. The Labute approximate surface area is 260 Å². The van der Waals surface area contributed by atoms with Crippen molar-refractivity contribution >= 4 is 23.4 Å². The number of hydrogen-bond acceptors (Lipinski definition) is 3. The van der Waals surface area contributed by atoms with Crippen molar-refractivity contribution < 1.29 is 27.6 Å². The second-order valence-electron chi connectivity index (χ2n) is 10.9. The molecule has 1 aliphatic heterocycles. The van der Waals surface area contributed by atoms with Crippen LogP contribution in [0.2, 0.25) is 0 Å². The fourth-order valence-corrected chi connectivity index (χ4v) is 5.68. The van der Waals surface area contributed by atoms with E-state index in [-0.39, 0.29) is 11.8 Å². The van der Waals surface area contributed by atoms with Gasteiger partial charge in [-0.05, 0) is 78.4 Å². The lowest BCUT2D eigenvalue weighted by atomic mass is 9.97. The van der Waals surface area contributed by atoms with Crippen molar-refractivity contribution in [3.63, 3.8) is 0 Å². The number of halogens is 3. The molecule has 0 aliphatic carbocycles. The van der Waals surface area contributed by atoms with E-state index >= 15 is 0 Å². The van der Waals surface area contributed by atoms with Crippen LogP contribution in [0.5, 0.6) is 0 Å². The lowest BCUT2D eigenvalue weighted by molar-refractivity contribution is -0.137. The molecule has 1 N–H and O–H groups in total. The summed E-state index contributed by atoms with van der Waals surface area (Å²) in [5.74, 6) is -0.861. The lowest BCUT2D eigenvalue weighted by Crippen LogP contribution is -2.43. The molecule has 4 aromatic rings. The van der Waals surface area contributed by atoms with Gasteiger partial charge in [-0.1, -0.05) is 67.6 Å². The van der Waals surface area contributed by atoms with Crippen LogP contribution in [-0.4, -0.2) is 42.3 Å². The molecule has 232 valence electrons. The molecule has 6 nitrogen and oxygen atoms in total. The highest BCUT2D eigenvalue weighted by atomic mass is 19.4. The van der Waals surface area contributed by atoms with Gasteiger partial charge in [-0.2, -0.15) is 13.2 Å². The molecule has 0 aromatic heterocycles. The highest BCUT2D eigenvalue weighted by molar-refractivity contribution is 6.11. The summed E-state index contributed by atoms with van der Waals surface area (Å²) in [6, 6.07) is 25.0. The van der Waals surface area contributed by atoms with Crippen LogP contribution in [0.15, 0.2) is 97.1 Å². The number of hydrogen-bond donors (Lipinski definition) is 1. The Hall–Kier alpha value is -4.92. The zero-order chi connectivity index (χ0) is 32.1. The molecule has 1 aliphatic rings. The number of nitrogens with zero attached hydrogens (tertiary/aromatic N) is 2. The first-order valence-corrected chi connectivity index (χ1v) is 15.0. The summed E-state index contributed by atoms with van der Waals surface area (Å²) in [4.78, 5) is 44.1. The fraction of sp³-hybridized carbons (Fsp3) is 0.250. The highest BCUT2D eigenvalue weighted by Crippen LogP contribution is 2.35. The molecule has 0 unspecified atom stereocenters. The molecule has 0 radical (unpaired) electrons. The van der Waals surface area contributed by atoms with Crippen LogP contribution < -0.4 is 10.2 Å². The largest absolute Gasteiger partial charge is 0.416 e. The Morgan fingerprint density at radius 2 is 1.58 bits per heavy atom. The number of carbonyl (C=O) groups is 3. The summed E-state index contributed by atoms with van der Waals surface area (Å²) < 4.78 is 39.3. The minimum atomic E-state index is -4.45. The Morgan fingerprint density at radius 3 is 2.24 bits per heavy atom. The van der Waals surface area contributed by atoms with Crippen molar-refractivity contribution in [1.29, 1.82) is 0 Å². The highest BCUT2D eigenvalue weighted by Gasteiger charge is 2.32. The molecule has 5 rings (SSSR count). The number of carbonyl (C=O) groups excluding carboxylic acids is 3. The van der Waals surface area contributed by atoms with Gasteiger partial charge >= 0.3 is 6.18 Å². The third kappa shape index (κ3) is 6.77. The molecule has 45 heavy (non-hydrogen) atoms. The second-order valence-corrected chi connectivity index (χ2v) is 10.9. The molecule has 0 fully saturated rings. The maximum atomic E-state index is 13.8. The third-order valence-electron chi connectivity index (χ3n) is 8.01. The monoisotopic (exact) mass is 613 g/mol. The number of nitrogens with one attached hydrogen (secondary N) is 1. The van der Waals surface area contributed by atoms with Crippen molar-refractivity contribution in [3.8, 4) is 11.1 Å². The van der Waals surface area contributed by atoms with Crippen molar-refractivity contribution in [1.82, 2.24) is 10.2 Å². The summed E-state index contributed by atoms with van der Waals surface area (Å²) >= 11 is 0. The van der Waals surface area contributed by atoms with Gasteiger partial charge in [0.25, 0.3) is 11.8 Å². The average Bonchev–Trinajstić information content (AvgIpc) is 3.49. The van der Waals surface area contributed by atoms with Crippen molar-refractivity contribution in [2.75, 3.05) is 24.5 Å². The van der Waals surface area contributed by atoms with Crippen molar-refractivity contribution in [2.24, 2.45) is 0 Å². The van der Waals surface area contributed by atoms with Gasteiger partial charge in [0.1, 0.15) is 6.04 Å². The smallest absolute Gasteiger partial charge is 0.341 e. The number of alkyl halides is 3. The average molecular weight is 614 g/mol. The maximum Gasteiger partial charge on any atom is 0.416 e. The van der Waals surface area contributed by atoms with Gasteiger partial charge in [0.2, 0.25) is 5.91 Å². The normalized spacial score (nSPS) is 13.2. The Kier molecular flexibility index (Phi) is 9.37. The SMILES string of the molecule is CCCN(CC)C(=O)[C@@H](NC(=O)c1ccc2c(c1)CCN2C(=O)c1ccccc1-c1ccc(C(F)(F)F)cc1)c1ccccc1. The van der Waals surface area contributed by atoms with Crippen LogP contribution in [0.3, 0.4) is 0 Å². The van der Waals surface area contributed by atoms with E-state index in [9.17, 15) is 27.6 Å². The molecule has 0 saturated carbocycles. The Bertz CT molecular complexity index is 1690. The van der Waals surface area contributed by atoms with E-state index in [1.807, 2.05) is 44.2 Å². The van der Waals surface area contributed by atoms with Crippen LogP contribution in [0.25, 0.3) is 11.1 Å². The van der Waals surface area contributed by atoms with Crippen LogP contribution in [-0.2, 0) is 17.4 Å². The molecule has 4 aromatic carbocycles. The van der Waals surface area contributed by atoms with Gasteiger partial charge < -0.3 is 15.1 Å². The quantitative estimate of drug-likeness (QED) is 0.215. The van der Waals surface area contributed by atoms with Gasteiger partial charge in [0.05, 0.1) is 5.56 Å². The third-order valence-corrected chi connectivity index (χ3v) is 8.01. The number of benzene rings is 4. The van der Waals surface area contributed by atoms with Gasteiger partial charge in [-0.25, -0.2) is 0 Å². The minimum absolute atomic E-state index is 0.177. The molecular formula is C36H34F3N3O3. The second kappa shape index (κ2) is 13.4. The van der Waals surface area contributed by atoms with Crippen molar-refractivity contribution in [3.05, 3.63) is 125 Å². The van der Waals surface area contributed by atoms with E-state index in [0.29, 0.717) is 59.6 Å². The molecule has 1 atom stereocenters. The zero-order valence-electron chi connectivity index (χ0n) is 25.1. The number of rotatable bonds is 9. The molecule has 0 spiro atoms. The van der Waals surface area contributed by atoms with E-state index in [2.05, 4.69) is 5.32 Å². The fourth-order valence-electron chi connectivity index (χ4n) is 5.68. The number of likely N-dealkylation sites (N-methyl/N-ethyl adjacent to an activating group) is 1. The number of fused-ring (bicyclic) bond motifs is 1. The van der Waals surface area contributed by atoms with Gasteiger partial charge in [-0.15, -0.1) is 0 Å². The van der Waals surface area contributed by atoms with Crippen LogP contribution in [0.4, 0.5) is 18.9 Å². The van der Waals surface area contributed by atoms with E-state index in [1.165, 1.54) is 12.1 Å². The number of anilines is 1.